The summed E-state index contributed by atoms with van der Waals surface area (Å²) in [6.07, 6.45) is 0. The van der Waals surface area contributed by atoms with Crippen LogP contribution in [-0.4, -0.2) is 0 Å². The third-order valence-corrected chi connectivity index (χ3v) is 3.09. The summed E-state index contributed by atoms with van der Waals surface area (Å²) in [4.78, 5) is 1.21. The average Bonchev–Trinajstić information content (AvgIpc) is 2.64. The van der Waals surface area contributed by atoms with Crippen LogP contribution in [0.1, 0.15) is 11.5 Å². The minimum absolute atomic E-state index is 0.799. The highest BCUT2D eigenvalue weighted by molar-refractivity contribution is 7.98. The molecule has 0 fully saturated rings. The van der Waals surface area contributed by atoms with E-state index < -0.39 is 0 Å². The van der Waals surface area contributed by atoms with Crippen LogP contribution in [0.3, 0.4) is 0 Å². The van der Waals surface area contributed by atoms with Gasteiger partial charge in [-0.3, -0.25) is 0 Å². The van der Waals surface area contributed by atoms with Crippen molar-refractivity contribution in [1.29, 1.82) is 0 Å². The van der Waals surface area contributed by atoms with Crippen LogP contribution in [0.4, 0.5) is 5.69 Å². The number of furan rings is 1. The van der Waals surface area contributed by atoms with Crippen molar-refractivity contribution < 1.29 is 4.42 Å². The molecule has 78 valence electrons. The summed E-state index contributed by atoms with van der Waals surface area (Å²) in [5, 5.41) is 0. The lowest BCUT2D eigenvalue weighted by molar-refractivity contribution is 0.501. The van der Waals surface area contributed by atoms with E-state index >= 15 is 0 Å². The van der Waals surface area contributed by atoms with E-state index in [1.807, 2.05) is 43.3 Å². The van der Waals surface area contributed by atoms with Gasteiger partial charge in [0, 0.05) is 10.6 Å². The maximum Gasteiger partial charge on any atom is 0.114 e. The third-order valence-electron chi connectivity index (χ3n) is 2.06. The number of hydrogen-bond donors (Lipinski definition) is 1. The zero-order chi connectivity index (χ0) is 10.7. The number of thioether (sulfide) groups is 1. The monoisotopic (exact) mass is 219 g/mol. The number of anilines is 1. The molecule has 2 rings (SSSR count). The van der Waals surface area contributed by atoms with Crippen LogP contribution in [0.15, 0.2) is 45.7 Å². The van der Waals surface area contributed by atoms with Crippen LogP contribution >= 0.6 is 11.8 Å². The van der Waals surface area contributed by atoms with Gasteiger partial charge in [-0.2, -0.15) is 0 Å². The zero-order valence-corrected chi connectivity index (χ0v) is 9.38. The minimum atomic E-state index is 0.799. The smallest absolute Gasteiger partial charge is 0.114 e. The highest BCUT2D eigenvalue weighted by Gasteiger charge is 1.99. The van der Waals surface area contributed by atoms with E-state index in [2.05, 4.69) is 0 Å². The molecule has 0 bridgehead atoms. The Balaban J connectivity index is 1.96. The molecule has 1 heterocycles. The first kappa shape index (κ1) is 10.2. The Morgan fingerprint density at radius 1 is 1.13 bits per heavy atom. The Kier molecular flexibility index (Phi) is 3.02. The van der Waals surface area contributed by atoms with Crippen LogP contribution in [0.2, 0.25) is 0 Å². The van der Waals surface area contributed by atoms with Gasteiger partial charge in [0.05, 0.1) is 5.75 Å². The third kappa shape index (κ3) is 2.80. The van der Waals surface area contributed by atoms with Gasteiger partial charge in [-0.1, -0.05) is 0 Å². The van der Waals surface area contributed by atoms with E-state index in [9.17, 15) is 0 Å². The molecule has 0 atom stereocenters. The van der Waals surface area contributed by atoms with Crippen molar-refractivity contribution in [1.82, 2.24) is 0 Å². The summed E-state index contributed by atoms with van der Waals surface area (Å²) in [7, 11) is 0. The van der Waals surface area contributed by atoms with E-state index in [1.165, 1.54) is 4.90 Å². The van der Waals surface area contributed by atoms with Gasteiger partial charge in [0.15, 0.2) is 0 Å². The molecule has 1 aromatic carbocycles. The first-order valence-electron chi connectivity index (χ1n) is 4.78. The maximum atomic E-state index is 5.61. The SMILES string of the molecule is Cc1ccc(CSc2ccc(N)cc2)o1. The number of nitrogen functional groups attached to an aromatic ring is 1. The molecule has 0 aliphatic carbocycles. The predicted octanol–water partition coefficient (Wildman–Crippen LogP) is 3.46. The molecule has 0 aliphatic rings. The summed E-state index contributed by atoms with van der Waals surface area (Å²) < 4.78 is 5.48. The van der Waals surface area contributed by atoms with Gasteiger partial charge in [0.25, 0.3) is 0 Å². The van der Waals surface area contributed by atoms with Gasteiger partial charge < -0.3 is 10.2 Å². The van der Waals surface area contributed by atoms with E-state index in [1.54, 1.807) is 11.8 Å². The number of hydrogen-bond acceptors (Lipinski definition) is 3. The Morgan fingerprint density at radius 3 is 2.47 bits per heavy atom. The molecule has 2 aromatic rings. The summed E-state index contributed by atoms with van der Waals surface area (Å²) in [5.74, 6) is 2.83. The topological polar surface area (TPSA) is 39.2 Å². The Bertz CT molecular complexity index is 433. The fourth-order valence-corrected chi connectivity index (χ4v) is 2.07. The molecule has 0 aliphatic heterocycles. The molecule has 2 N–H and O–H groups in total. The van der Waals surface area contributed by atoms with Gasteiger partial charge in [0.2, 0.25) is 0 Å². The molecule has 1 aromatic heterocycles. The maximum absolute atomic E-state index is 5.61. The van der Waals surface area contributed by atoms with Crippen molar-refractivity contribution in [3.05, 3.63) is 47.9 Å². The van der Waals surface area contributed by atoms with E-state index in [-0.39, 0.29) is 0 Å². The van der Waals surface area contributed by atoms with E-state index in [4.69, 9.17) is 10.2 Å². The van der Waals surface area contributed by atoms with Gasteiger partial charge in [-0.25, -0.2) is 0 Å². The van der Waals surface area contributed by atoms with Crippen LogP contribution < -0.4 is 5.73 Å². The highest BCUT2D eigenvalue weighted by Crippen LogP contribution is 2.24. The van der Waals surface area contributed by atoms with Crippen LogP contribution in [0, 0.1) is 6.92 Å². The van der Waals surface area contributed by atoms with Gasteiger partial charge in [-0.05, 0) is 43.3 Å². The molecule has 0 saturated carbocycles. The van der Waals surface area contributed by atoms with Crippen molar-refractivity contribution in [3.8, 4) is 0 Å². The minimum Gasteiger partial charge on any atom is -0.465 e. The van der Waals surface area contributed by atoms with E-state index in [0.717, 1.165) is 23.0 Å². The van der Waals surface area contributed by atoms with Crippen molar-refractivity contribution >= 4 is 17.4 Å². The Labute approximate surface area is 93.5 Å². The van der Waals surface area contributed by atoms with E-state index in [0.29, 0.717) is 0 Å². The number of aryl methyl sites for hydroxylation is 1. The first-order chi connectivity index (χ1) is 7.24. The van der Waals surface area contributed by atoms with Crippen molar-refractivity contribution in [2.24, 2.45) is 0 Å². The second-order valence-corrected chi connectivity index (χ2v) is 4.42. The second kappa shape index (κ2) is 4.45. The fraction of sp³-hybridized carbons (Fsp3) is 0.167. The second-order valence-electron chi connectivity index (χ2n) is 3.37. The summed E-state index contributed by atoms with van der Waals surface area (Å²) in [5.41, 5.74) is 6.41. The van der Waals surface area contributed by atoms with Gasteiger partial charge >= 0.3 is 0 Å². The molecular weight excluding hydrogens is 206 g/mol. The molecular formula is C12H13NOS. The molecule has 15 heavy (non-hydrogen) atoms. The quantitative estimate of drug-likeness (QED) is 0.634. The van der Waals surface area contributed by atoms with Crippen molar-refractivity contribution in [2.75, 3.05) is 5.73 Å². The van der Waals surface area contributed by atoms with Gasteiger partial charge in [-0.15, -0.1) is 11.8 Å². The van der Waals surface area contributed by atoms with Crippen LogP contribution in [0.25, 0.3) is 0 Å². The summed E-state index contributed by atoms with van der Waals surface area (Å²) in [6, 6.07) is 11.9. The largest absolute Gasteiger partial charge is 0.465 e. The molecule has 0 unspecified atom stereocenters. The molecule has 0 saturated heterocycles. The standard InChI is InChI=1S/C12H13NOS/c1-9-2-5-11(14-9)8-15-12-6-3-10(13)4-7-12/h2-7H,8,13H2,1H3. The number of rotatable bonds is 3. The highest BCUT2D eigenvalue weighted by atomic mass is 32.2. The normalized spacial score (nSPS) is 10.5. The lowest BCUT2D eigenvalue weighted by Gasteiger charge is -1.99. The van der Waals surface area contributed by atoms with Crippen LogP contribution in [-0.2, 0) is 5.75 Å². The first-order valence-corrected chi connectivity index (χ1v) is 5.76. The lowest BCUT2D eigenvalue weighted by Crippen LogP contribution is -1.82. The van der Waals surface area contributed by atoms with Crippen LogP contribution in [0.5, 0.6) is 0 Å². The summed E-state index contributed by atoms with van der Waals surface area (Å²) >= 11 is 1.75. The predicted molar refractivity (Wildman–Crippen MR) is 63.9 cm³/mol. The molecule has 2 nitrogen and oxygen atoms in total. The number of benzene rings is 1. The van der Waals surface area contributed by atoms with Crippen molar-refractivity contribution in [2.45, 2.75) is 17.6 Å². The number of nitrogens with two attached hydrogens (primary N) is 1. The zero-order valence-electron chi connectivity index (χ0n) is 8.57. The molecule has 3 heteroatoms. The molecule has 0 amide bonds. The van der Waals surface area contributed by atoms with Crippen molar-refractivity contribution in [3.63, 3.8) is 0 Å². The Hall–Kier alpha value is -1.35. The van der Waals surface area contributed by atoms with Gasteiger partial charge in [0.1, 0.15) is 11.5 Å². The lowest BCUT2D eigenvalue weighted by atomic mass is 10.3. The average molecular weight is 219 g/mol. The molecule has 0 radical (unpaired) electrons. The molecule has 0 spiro atoms. The fourth-order valence-electron chi connectivity index (χ4n) is 1.28. The Morgan fingerprint density at radius 2 is 1.87 bits per heavy atom. The summed E-state index contributed by atoms with van der Waals surface area (Å²) in [6.45, 7) is 1.96.